The lowest BCUT2D eigenvalue weighted by Crippen LogP contribution is -2.60. The Balaban J connectivity index is 2.18. The van der Waals surface area contributed by atoms with Crippen molar-refractivity contribution in [3.63, 3.8) is 0 Å². The highest BCUT2D eigenvalue weighted by Gasteiger charge is 2.34. The van der Waals surface area contributed by atoms with Gasteiger partial charge in [-0.25, -0.2) is 0 Å². The van der Waals surface area contributed by atoms with E-state index in [9.17, 15) is 14.4 Å². The summed E-state index contributed by atoms with van der Waals surface area (Å²) in [6.45, 7) is 4.43. The molecule has 0 radical (unpaired) electrons. The second-order valence-electron chi connectivity index (χ2n) is 6.35. The maximum atomic E-state index is 12.8. The summed E-state index contributed by atoms with van der Waals surface area (Å²) in [7, 11) is 1.25. The number of halogens is 1. The number of rotatable bonds is 5. The third-order valence-electron chi connectivity index (χ3n) is 3.95. The zero-order valence-corrected chi connectivity index (χ0v) is 18.2. The number of hydrogen-bond donors (Lipinski definition) is 2. The molecule has 1 fully saturated rings. The quantitative estimate of drug-likeness (QED) is 0.497. The summed E-state index contributed by atoms with van der Waals surface area (Å²) in [5.74, 6) is -0.939. The Labute approximate surface area is 177 Å². The summed E-state index contributed by atoms with van der Waals surface area (Å²) >= 11 is 8.69. The fourth-order valence-electron chi connectivity index (χ4n) is 2.67. The van der Waals surface area contributed by atoms with Gasteiger partial charge in [-0.15, -0.1) is 0 Å². The van der Waals surface area contributed by atoms with Crippen LogP contribution >= 0.6 is 28.1 Å². The summed E-state index contributed by atoms with van der Waals surface area (Å²) in [4.78, 5) is 38.1. The summed E-state index contributed by atoms with van der Waals surface area (Å²) in [6, 6.07) is 4.25. The molecule has 2 rings (SSSR count). The lowest BCUT2D eigenvalue weighted by molar-refractivity contribution is -0.144. The molecule has 28 heavy (non-hydrogen) atoms. The van der Waals surface area contributed by atoms with Gasteiger partial charge < -0.3 is 19.7 Å². The monoisotopic (exact) mass is 471 g/mol. The van der Waals surface area contributed by atoms with Crippen LogP contribution in [0.3, 0.4) is 0 Å². The first-order valence-electron chi connectivity index (χ1n) is 8.65. The normalized spacial score (nSPS) is 16.4. The van der Waals surface area contributed by atoms with Crippen molar-refractivity contribution < 1.29 is 23.9 Å². The molecule has 1 unspecified atom stereocenters. The predicted molar refractivity (Wildman–Crippen MR) is 110 cm³/mol. The van der Waals surface area contributed by atoms with E-state index < -0.39 is 17.9 Å². The molecule has 0 aliphatic carbocycles. The second-order valence-corrected chi connectivity index (χ2v) is 7.65. The molecule has 10 heteroatoms. The number of carbonyl (C=O) groups is 3. The molecule has 1 aromatic carbocycles. The first-order valence-corrected chi connectivity index (χ1v) is 9.85. The number of piperazine rings is 1. The maximum Gasteiger partial charge on any atom is 0.308 e. The summed E-state index contributed by atoms with van der Waals surface area (Å²) in [5, 5.41) is 5.38. The van der Waals surface area contributed by atoms with Gasteiger partial charge in [-0.1, -0.05) is 15.9 Å². The van der Waals surface area contributed by atoms with Gasteiger partial charge in [0.2, 0.25) is 5.91 Å². The third kappa shape index (κ3) is 5.65. The van der Waals surface area contributed by atoms with E-state index in [1.165, 1.54) is 12.0 Å². The van der Waals surface area contributed by atoms with Crippen LogP contribution in [-0.4, -0.2) is 60.1 Å². The van der Waals surface area contributed by atoms with Gasteiger partial charge in [0.05, 0.1) is 25.2 Å². The number of amides is 2. The van der Waals surface area contributed by atoms with Crippen LogP contribution in [0.25, 0.3) is 0 Å². The van der Waals surface area contributed by atoms with E-state index in [-0.39, 0.29) is 23.5 Å². The van der Waals surface area contributed by atoms with Gasteiger partial charge in [0.1, 0.15) is 11.8 Å². The Morgan fingerprint density at radius 2 is 2.14 bits per heavy atom. The largest absolute Gasteiger partial charge is 0.490 e. The van der Waals surface area contributed by atoms with Crippen molar-refractivity contribution >= 4 is 51.0 Å². The summed E-state index contributed by atoms with van der Waals surface area (Å²) < 4.78 is 11.0. The van der Waals surface area contributed by atoms with Crippen LogP contribution < -0.4 is 15.4 Å². The first kappa shape index (κ1) is 22.1. The van der Waals surface area contributed by atoms with Crippen LogP contribution in [0.2, 0.25) is 0 Å². The molecule has 1 aliphatic heterocycles. The Bertz CT molecular complexity index is 786. The van der Waals surface area contributed by atoms with Crippen LogP contribution in [0.4, 0.5) is 0 Å². The van der Waals surface area contributed by atoms with Gasteiger partial charge in [0, 0.05) is 17.6 Å². The molecule has 0 spiro atoms. The van der Waals surface area contributed by atoms with Crippen molar-refractivity contribution in [1.82, 2.24) is 15.5 Å². The molecule has 0 saturated carbocycles. The Hall–Kier alpha value is -2.20. The molecule has 1 aromatic rings. The SMILES string of the molecule is COC(=O)CC1C(=O)NCCN1C(=S)NC(=O)c1cc(Br)ccc1OC(C)C. The van der Waals surface area contributed by atoms with E-state index in [0.717, 1.165) is 0 Å². The van der Waals surface area contributed by atoms with Gasteiger partial charge in [0.25, 0.3) is 5.91 Å². The van der Waals surface area contributed by atoms with E-state index in [2.05, 4.69) is 31.3 Å². The highest BCUT2D eigenvalue weighted by molar-refractivity contribution is 9.10. The summed E-state index contributed by atoms with van der Waals surface area (Å²) in [5.41, 5.74) is 0.302. The fourth-order valence-corrected chi connectivity index (χ4v) is 3.35. The van der Waals surface area contributed by atoms with Crippen molar-refractivity contribution in [3.8, 4) is 5.75 Å². The molecule has 1 saturated heterocycles. The number of nitrogens with one attached hydrogen (secondary N) is 2. The number of ether oxygens (including phenoxy) is 2. The molecule has 2 N–H and O–H groups in total. The van der Waals surface area contributed by atoms with E-state index in [1.54, 1.807) is 18.2 Å². The van der Waals surface area contributed by atoms with Gasteiger partial charge >= 0.3 is 5.97 Å². The molecule has 0 aromatic heterocycles. The molecule has 1 heterocycles. The minimum Gasteiger partial charge on any atom is -0.490 e. The van der Waals surface area contributed by atoms with Crippen molar-refractivity contribution in [1.29, 1.82) is 0 Å². The molecular weight excluding hydrogens is 450 g/mol. The van der Waals surface area contributed by atoms with E-state index in [4.69, 9.17) is 17.0 Å². The standard InChI is InChI=1S/C18H22BrN3O5S/c1-10(2)27-14-5-4-11(19)8-12(14)16(24)21-18(28)22-7-6-20-17(25)13(22)9-15(23)26-3/h4-5,8,10,13H,6-7,9H2,1-3H3,(H,20,25)(H,21,24,28). The van der Waals surface area contributed by atoms with Gasteiger partial charge in [-0.3, -0.25) is 19.7 Å². The van der Waals surface area contributed by atoms with E-state index in [1.807, 2.05) is 13.8 Å². The number of methoxy groups -OCH3 is 1. The van der Waals surface area contributed by atoms with Crippen molar-refractivity contribution in [2.75, 3.05) is 20.2 Å². The highest BCUT2D eigenvalue weighted by atomic mass is 79.9. The molecule has 1 aliphatic rings. The van der Waals surface area contributed by atoms with E-state index in [0.29, 0.717) is 28.9 Å². The Morgan fingerprint density at radius 3 is 2.79 bits per heavy atom. The number of carbonyl (C=O) groups excluding carboxylic acids is 3. The maximum absolute atomic E-state index is 12.8. The molecule has 0 bridgehead atoms. The Kier molecular flexibility index (Phi) is 7.76. The number of hydrogen-bond acceptors (Lipinski definition) is 6. The van der Waals surface area contributed by atoms with Crippen LogP contribution in [0.5, 0.6) is 5.75 Å². The van der Waals surface area contributed by atoms with E-state index >= 15 is 0 Å². The van der Waals surface area contributed by atoms with Crippen LogP contribution in [0.15, 0.2) is 22.7 Å². The van der Waals surface area contributed by atoms with Crippen molar-refractivity contribution in [2.24, 2.45) is 0 Å². The Morgan fingerprint density at radius 1 is 1.43 bits per heavy atom. The first-order chi connectivity index (χ1) is 13.2. The zero-order valence-electron chi connectivity index (χ0n) is 15.8. The lowest BCUT2D eigenvalue weighted by Gasteiger charge is -2.36. The average molecular weight is 472 g/mol. The number of benzene rings is 1. The zero-order chi connectivity index (χ0) is 20.8. The molecular formula is C18H22BrN3O5S. The van der Waals surface area contributed by atoms with Crippen molar-refractivity contribution in [3.05, 3.63) is 28.2 Å². The van der Waals surface area contributed by atoms with Crippen LogP contribution in [-0.2, 0) is 14.3 Å². The second kappa shape index (κ2) is 9.83. The fraction of sp³-hybridized carbons (Fsp3) is 0.444. The number of esters is 1. The molecule has 1 atom stereocenters. The van der Waals surface area contributed by atoms with Crippen LogP contribution in [0, 0.1) is 0 Å². The minimum absolute atomic E-state index is 0.0595. The highest BCUT2D eigenvalue weighted by Crippen LogP contribution is 2.24. The lowest BCUT2D eigenvalue weighted by atomic mass is 10.1. The smallest absolute Gasteiger partial charge is 0.308 e. The third-order valence-corrected chi connectivity index (χ3v) is 4.78. The topological polar surface area (TPSA) is 97.0 Å². The average Bonchev–Trinajstić information content (AvgIpc) is 2.64. The van der Waals surface area contributed by atoms with Crippen LogP contribution in [0.1, 0.15) is 30.6 Å². The van der Waals surface area contributed by atoms with Gasteiger partial charge in [-0.05, 0) is 44.3 Å². The minimum atomic E-state index is -0.845. The molecule has 8 nitrogen and oxygen atoms in total. The van der Waals surface area contributed by atoms with Crippen molar-refractivity contribution in [2.45, 2.75) is 32.4 Å². The number of nitrogens with zero attached hydrogens (tertiary/aromatic N) is 1. The van der Waals surface area contributed by atoms with Gasteiger partial charge in [-0.2, -0.15) is 0 Å². The number of thiocarbonyl (C=S) groups is 1. The predicted octanol–water partition coefficient (Wildman–Crippen LogP) is 1.61. The summed E-state index contributed by atoms with van der Waals surface area (Å²) in [6.07, 6.45) is -0.286. The molecule has 2 amide bonds. The molecule has 152 valence electrons. The van der Waals surface area contributed by atoms with Gasteiger partial charge in [0.15, 0.2) is 5.11 Å².